The Kier molecular flexibility index (Phi) is 7.32. The average Bonchev–Trinajstić information content (AvgIpc) is 3.82. The first-order chi connectivity index (χ1) is 27.1. The summed E-state index contributed by atoms with van der Waals surface area (Å²) in [7, 11) is 0. The van der Waals surface area contributed by atoms with E-state index in [1.54, 1.807) is 11.3 Å². The van der Waals surface area contributed by atoms with Gasteiger partial charge in [0.1, 0.15) is 5.01 Å². The SMILES string of the molecule is CC1Cc2c(n(-c3ccc(-c4nc(-c5ccccc5)nc(-c5ccc6ccc7ccccc7c6c5)n4)cc3)c3ccccc23)C=C1c1nc2ccccc2s1. The Hall–Kier alpha value is -6.76. The Labute approximate surface area is 322 Å². The fourth-order valence-corrected chi connectivity index (χ4v) is 9.29. The van der Waals surface area contributed by atoms with Gasteiger partial charge in [-0.25, -0.2) is 19.9 Å². The number of thiazole rings is 1. The van der Waals surface area contributed by atoms with Crippen LogP contribution in [0.3, 0.4) is 0 Å². The van der Waals surface area contributed by atoms with Crippen molar-refractivity contribution in [1.82, 2.24) is 24.5 Å². The molecule has 6 heteroatoms. The lowest BCUT2D eigenvalue weighted by Gasteiger charge is -2.21. The number of aromatic nitrogens is 5. The summed E-state index contributed by atoms with van der Waals surface area (Å²) in [6, 6.07) is 55.4. The van der Waals surface area contributed by atoms with E-state index in [4.69, 9.17) is 19.9 Å². The number of allylic oxidation sites excluding steroid dienone is 1. The highest BCUT2D eigenvalue weighted by Gasteiger charge is 2.27. The lowest BCUT2D eigenvalue weighted by Crippen LogP contribution is -2.10. The zero-order chi connectivity index (χ0) is 36.5. The zero-order valence-corrected chi connectivity index (χ0v) is 30.8. The molecule has 11 rings (SSSR count). The first-order valence-corrected chi connectivity index (χ1v) is 19.5. The van der Waals surface area contributed by atoms with E-state index in [-0.39, 0.29) is 0 Å². The van der Waals surface area contributed by atoms with Gasteiger partial charge in [-0.1, -0.05) is 116 Å². The third kappa shape index (κ3) is 5.37. The molecule has 1 aliphatic rings. The maximum absolute atomic E-state index is 5.12. The first-order valence-electron chi connectivity index (χ1n) is 18.7. The molecule has 0 aliphatic heterocycles. The van der Waals surface area contributed by atoms with Crippen molar-refractivity contribution in [3.8, 4) is 39.9 Å². The number of nitrogens with zero attached hydrogens (tertiary/aromatic N) is 5. The number of rotatable bonds is 5. The molecule has 0 saturated heterocycles. The van der Waals surface area contributed by atoms with Crippen LogP contribution in [0.25, 0.3) is 94.2 Å². The summed E-state index contributed by atoms with van der Waals surface area (Å²) in [5.74, 6) is 2.29. The molecule has 1 atom stereocenters. The van der Waals surface area contributed by atoms with Crippen molar-refractivity contribution < 1.29 is 0 Å². The van der Waals surface area contributed by atoms with Crippen LogP contribution in [0.4, 0.5) is 0 Å². The van der Waals surface area contributed by atoms with E-state index in [9.17, 15) is 0 Å². The summed E-state index contributed by atoms with van der Waals surface area (Å²) < 4.78 is 3.62. The van der Waals surface area contributed by atoms with Crippen molar-refractivity contribution in [2.45, 2.75) is 13.3 Å². The van der Waals surface area contributed by atoms with E-state index >= 15 is 0 Å². The normalized spacial score (nSPS) is 14.1. The zero-order valence-electron chi connectivity index (χ0n) is 30.0. The highest BCUT2D eigenvalue weighted by Crippen LogP contribution is 2.43. The Morgan fingerprint density at radius 3 is 1.96 bits per heavy atom. The molecule has 5 nitrogen and oxygen atoms in total. The summed E-state index contributed by atoms with van der Waals surface area (Å²) in [6.07, 6.45) is 3.34. The largest absolute Gasteiger partial charge is 0.310 e. The smallest absolute Gasteiger partial charge is 0.164 e. The molecule has 0 spiro atoms. The van der Waals surface area contributed by atoms with Crippen LogP contribution in [-0.2, 0) is 6.42 Å². The van der Waals surface area contributed by atoms with Gasteiger partial charge in [-0.2, -0.15) is 0 Å². The Balaban J connectivity index is 1.04. The molecule has 260 valence electrons. The fourth-order valence-electron chi connectivity index (χ4n) is 8.20. The van der Waals surface area contributed by atoms with Gasteiger partial charge in [0.05, 0.1) is 21.4 Å². The minimum atomic E-state index is 0.355. The van der Waals surface area contributed by atoms with Crippen LogP contribution in [0.1, 0.15) is 23.2 Å². The third-order valence-corrected chi connectivity index (χ3v) is 12.0. The lowest BCUT2D eigenvalue weighted by molar-refractivity contribution is 0.737. The molecule has 0 fully saturated rings. The summed E-state index contributed by atoms with van der Waals surface area (Å²) in [5.41, 5.74) is 10.1. The third-order valence-electron chi connectivity index (χ3n) is 11.0. The quantitative estimate of drug-likeness (QED) is 0.166. The van der Waals surface area contributed by atoms with Crippen LogP contribution in [0, 0.1) is 5.92 Å². The van der Waals surface area contributed by atoms with Gasteiger partial charge >= 0.3 is 0 Å². The van der Waals surface area contributed by atoms with Gasteiger partial charge in [0, 0.05) is 27.8 Å². The van der Waals surface area contributed by atoms with E-state index in [1.807, 2.05) is 18.2 Å². The summed E-state index contributed by atoms with van der Waals surface area (Å²) in [4.78, 5) is 20.3. The molecule has 55 heavy (non-hydrogen) atoms. The molecule has 0 amide bonds. The standard InChI is InChI=1S/C49H33N5S/c1-30-27-41-38-15-7-9-17-43(38)54(44(41)29-39(30)49-50-42-16-8-10-18-45(42)55-49)36-25-23-34(24-26-36)47-51-46(33-12-3-2-4-13-33)52-48(53-47)35-22-21-32-20-19-31-11-5-6-14-37(31)40(32)28-35/h2-26,28-30H,27H2,1H3. The molecule has 3 aromatic heterocycles. The van der Waals surface area contributed by atoms with Crippen LogP contribution in [0.2, 0.25) is 0 Å². The van der Waals surface area contributed by atoms with Crippen LogP contribution in [0.15, 0.2) is 158 Å². The molecule has 0 N–H and O–H groups in total. The van der Waals surface area contributed by atoms with Gasteiger partial charge in [0.15, 0.2) is 17.5 Å². The van der Waals surface area contributed by atoms with Crippen LogP contribution in [0.5, 0.6) is 0 Å². The van der Waals surface area contributed by atoms with Gasteiger partial charge < -0.3 is 4.57 Å². The van der Waals surface area contributed by atoms with Crippen molar-refractivity contribution in [3.05, 3.63) is 174 Å². The maximum Gasteiger partial charge on any atom is 0.164 e. The molecule has 0 bridgehead atoms. The lowest BCUT2D eigenvalue weighted by atomic mass is 9.86. The second-order valence-electron chi connectivity index (χ2n) is 14.3. The second-order valence-corrected chi connectivity index (χ2v) is 15.4. The van der Waals surface area contributed by atoms with Gasteiger partial charge in [-0.15, -0.1) is 11.3 Å². The summed E-state index contributed by atoms with van der Waals surface area (Å²) in [5, 5.41) is 7.19. The van der Waals surface area contributed by atoms with E-state index in [0.29, 0.717) is 23.4 Å². The Morgan fingerprint density at radius 2 is 1.16 bits per heavy atom. The predicted octanol–water partition coefficient (Wildman–Crippen LogP) is 12.5. The highest BCUT2D eigenvalue weighted by molar-refractivity contribution is 7.19. The topological polar surface area (TPSA) is 56.5 Å². The predicted molar refractivity (Wildman–Crippen MR) is 228 cm³/mol. The number of hydrogen-bond donors (Lipinski definition) is 0. The summed E-state index contributed by atoms with van der Waals surface area (Å²) in [6.45, 7) is 2.33. The molecule has 1 aliphatic carbocycles. The molecular formula is C49H33N5S. The second kappa shape index (κ2) is 12.7. The van der Waals surface area contributed by atoms with Gasteiger partial charge in [-0.05, 0) is 99.6 Å². The fraction of sp³-hybridized carbons (Fsp3) is 0.0612. The minimum absolute atomic E-state index is 0.355. The average molecular weight is 724 g/mol. The highest BCUT2D eigenvalue weighted by atomic mass is 32.1. The molecular weight excluding hydrogens is 691 g/mol. The van der Waals surface area contributed by atoms with Crippen molar-refractivity contribution in [2.75, 3.05) is 0 Å². The van der Waals surface area contributed by atoms with Crippen molar-refractivity contribution in [1.29, 1.82) is 0 Å². The molecule has 10 aromatic rings. The van der Waals surface area contributed by atoms with Crippen LogP contribution in [-0.4, -0.2) is 24.5 Å². The number of hydrogen-bond acceptors (Lipinski definition) is 5. The maximum atomic E-state index is 5.12. The Morgan fingerprint density at radius 1 is 0.545 bits per heavy atom. The van der Waals surface area contributed by atoms with Crippen molar-refractivity contribution >= 4 is 65.7 Å². The molecule has 0 radical (unpaired) electrons. The van der Waals surface area contributed by atoms with Crippen LogP contribution >= 0.6 is 11.3 Å². The molecule has 0 saturated carbocycles. The van der Waals surface area contributed by atoms with Crippen molar-refractivity contribution in [3.63, 3.8) is 0 Å². The number of fused-ring (bicyclic) bond motifs is 7. The monoisotopic (exact) mass is 723 g/mol. The van der Waals surface area contributed by atoms with E-state index < -0.39 is 0 Å². The van der Waals surface area contributed by atoms with E-state index in [0.717, 1.165) is 39.3 Å². The van der Waals surface area contributed by atoms with E-state index in [1.165, 1.54) is 54.0 Å². The number of benzene rings is 7. The van der Waals surface area contributed by atoms with Gasteiger partial charge in [-0.3, -0.25) is 0 Å². The van der Waals surface area contributed by atoms with Gasteiger partial charge in [0.2, 0.25) is 0 Å². The van der Waals surface area contributed by atoms with Gasteiger partial charge in [0.25, 0.3) is 0 Å². The minimum Gasteiger partial charge on any atom is -0.310 e. The Bertz CT molecular complexity index is 3110. The molecule has 7 aromatic carbocycles. The van der Waals surface area contributed by atoms with Crippen molar-refractivity contribution in [2.24, 2.45) is 5.92 Å². The molecule has 3 heterocycles. The molecule has 1 unspecified atom stereocenters. The van der Waals surface area contributed by atoms with Crippen LogP contribution < -0.4 is 0 Å². The number of para-hydroxylation sites is 2. The summed E-state index contributed by atoms with van der Waals surface area (Å²) >= 11 is 1.78. The first kappa shape index (κ1) is 31.7. The van der Waals surface area contributed by atoms with E-state index in [2.05, 4.69) is 157 Å².